The maximum absolute atomic E-state index is 14.4. The van der Waals surface area contributed by atoms with E-state index < -0.39 is 6.04 Å². The van der Waals surface area contributed by atoms with Gasteiger partial charge in [0.05, 0.1) is 41.6 Å². The first kappa shape index (κ1) is 20.5. The van der Waals surface area contributed by atoms with E-state index in [1.165, 1.54) is 10.6 Å². The summed E-state index contributed by atoms with van der Waals surface area (Å²) in [5, 5.41) is 9.01. The fourth-order valence-corrected chi connectivity index (χ4v) is 4.64. The van der Waals surface area contributed by atoms with E-state index in [4.69, 9.17) is 4.74 Å². The second-order valence-electron chi connectivity index (χ2n) is 8.34. The number of fused-ring (bicyclic) bond motifs is 3. The topological polar surface area (TPSA) is 92.8 Å². The standard InChI is InChI=1S/C24H22FN7O2/c1-34-10-7-15-4-5-20-16(12-28-32(20)13-15)24(33)30-9-6-18-22(27-14-26-18)23(30)19-11-21-17(25)3-2-8-31(21)29-19/h2-5,8,11-14,23H,6-7,9-10H2,1H3,(H,26,27). The molecule has 1 amide bonds. The number of methoxy groups -OCH3 is 1. The van der Waals surface area contributed by atoms with Gasteiger partial charge in [-0.1, -0.05) is 6.07 Å². The van der Waals surface area contributed by atoms with Crippen LogP contribution in [0, 0.1) is 5.82 Å². The fourth-order valence-electron chi connectivity index (χ4n) is 4.64. The Kier molecular flexibility index (Phi) is 4.88. The van der Waals surface area contributed by atoms with Crippen molar-refractivity contribution < 1.29 is 13.9 Å². The number of pyridine rings is 2. The zero-order chi connectivity index (χ0) is 23.2. The molecular weight excluding hydrogens is 437 g/mol. The minimum Gasteiger partial charge on any atom is -0.384 e. The molecular formula is C24H22FN7O2. The van der Waals surface area contributed by atoms with Crippen molar-refractivity contribution in [2.24, 2.45) is 0 Å². The number of nitrogens with one attached hydrogen (secondary N) is 1. The summed E-state index contributed by atoms with van der Waals surface area (Å²) in [5.41, 5.74) is 4.88. The molecule has 0 saturated carbocycles. The van der Waals surface area contributed by atoms with Crippen molar-refractivity contribution in [3.05, 3.63) is 89.3 Å². The third-order valence-electron chi connectivity index (χ3n) is 6.34. The number of carbonyl (C=O) groups is 1. The normalized spacial score (nSPS) is 15.8. The lowest BCUT2D eigenvalue weighted by Gasteiger charge is -2.33. The quantitative estimate of drug-likeness (QED) is 0.436. The van der Waals surface area contributed by atoms with Gasteiger partial charge in [-0.2, -0.15) is 10.2 Å². The summed E-state index contributed by atoms with van der Waals surface area (Å²) in [6.07, 6.45) is 8.22. The Morgan fingerprint density at radius 1 is 1.26 bits per heavy atom. The molecule has 0 aromatic carbocycles. The first-order chi connectivity index (χ1) is 16.6. The molecule has 0 radical (unpaired) electrons. The zero-order valence-electron chi connectivity index (χ0n) is 18.5. The molecule has 9 nitrogen and oxygen atoms in total. The van der Waals surface area contributed by atoms with Gasteiger partial charge in [-0.25, -0.2) is 18.4 Å². The zero-order valence-corrected chi connectivity index (χ0v) is 18.5. The SMILES string of the molecule is COCCc1ccc2c(C(=O)N3CCc4[nH]cnc4C3c3cc4c(F)cccn4n3)cnn2c1. The maximum Gasteiger partial charge on any atom is 0.258 e. The van der Waals surface area contributed by atoms with Gasteiger partial charge in [-0.05, 0) is 36.2 Å². The number of H-pyrrole nitrogens is 1. The average molecular weight is 459 g/mol. The van der Waals surface area contributed by atoms with Crippen LogP contribution in [0.2, 0.25) is 0 Å². The second-order valence-corrected chi connectivity index (χ2v) is 8.34. The summed E-state index contributed by atoms with van der Waals surface area (Å²) in [7, 11) is 1.67. The number of rotatable bonds is 5. The molecule has 172 valence electrons. The lowest BCUT2D eigenvalue weighted by atomic mass is 9.98. The molecule has 0 aliphatic carbocycles. The lowest BCUT2D eigenvalue weighted by Crippen LogP contribution is -2.41. The van der Waals surface area contributed by atoms with E-state index in [1.807, 2.05) is 18.3 Å². The number of aromatic amines is 1. The molecule has 6 heterocycles. The largest absolute Gasteiger partial charge is 0.384 e. The molecule has 1 aliphatic heterocycles. The van der Waals surface area contributed by atoms with E-state index in [1.54, 1.807) is 47.4 Å². The number of carbonyl (C=O) groups excluding carboxylic acids is 1. The average Bonchev–Trinajstić information content (AvgIpc) is 3.59. The smallest absolute Gasteiger partial charge is 0.258 e. The predicted molar refractivity (Wildman–Crippen MR) is 121 cm³/mol. The van der Waals surface area contributed by atoms with Gasteiger partial charge in [0.1, 0.15) is 17.4 Å². The van der Waals surface area contributed by atoms with Crippen molar-refractivity contribution >= 4 is 16.9 Å². The van der Waals surface area contributed by atoms with E-state index in [0.29, 0.717) is 36.3 Å². The van der Waals surface area contributed by atoms with Crippen LogP contribution in [0.1, 0.15) is 39.0 Å². The Labute approximate surface area is 193 Å². The molecule has 1 aliphatic rings. The first-order valence-electron chi connectivity index (χ1n) is 11.1. The van der Waals surface area contributed by atoms with Crippen LogP contribution in [0.4, 0.5) is 4.39 Å². The van der Waals surface area contributed by atoms with Crippen molar-refractivity contribution in [3.8, 4) is 0 Å². The van der Waals surface area contributed by atoms with E-state index in [0.717, 1.165) is 28.9 Å². The van der Waals surface area contributed by atoms with Crippen LogP contribution in [-0.4, -0.2) is 60.3 Å². The third-order valence-corrected chi connectivity index (χ3v) is 6.34. The van der Waals surface area contributed by atoms with E-state index in [2.05, 4.69) is 20.2 Å². The van der Waals surface area contributed by atoms with E-state index in [9.17, 15) is 9.18 Å². The Balaban J connectivity index is 1.41. The van der Waals surface area contributed by atoms with Gasteiger partial charge in [0.2, 0.25) is 0 Å². The molecule has 0 saturated heterocycles. The van der Waals surface area contributed by atoms with Crippen LogP contribution >= 0.6 is 0 Å². The molecule has 34 heavy (non-hydrogen) atoms. The summed E-state index contributed by atoms with van der Waals surface area (Å²) >= 11 is 0. The third kappa shape index (κ3) is 3.26. The van der Waals surface area contributed by atoms with Gasteiger partial charge in [0.15, 0.2) is 0 Å². The minimum atomic E-state index is -0.544. The highest BCUT2D eigenvalue weighted by atomic mass is 19.1. The van der Waals surface area contributed by atoms with Crippen molar-refractivity contribution in [1.29, 1.82) is 0 Å². The van der Waals surface area contributed by atoms with E-state index >= 15 is 0 Å². The molecule has 1 unspecified atom stereocenters. The van der Waals surface area contributed by atoms with Gasteiger partial charge in [0.25, 0.3) is 5.91 Å². The fraction of sp³-hybridized carbons (Fsp3) is 0.250. The summed E-state index contributed by atoms with van der Waals surface area (Å²) in [4.78, 5) is 23.2. The molecule has 1 N–H and O–H groups in total. The van der Waals surface area contributed by atoms with Crippen molar-refractivity contribution in [3.63, 3.8) is 0 Å². The number of amides is 1. The minimum absolute atomic E-state index is 0.171. The highest BCUT2D eigenvalue weighted by molar-refractivity contribution is 6.01. The molecule has 10 heteroatoms. The molecule has 1 atom stereocenters. The number of halogens is 1. The van der Waals surface area contributed by atoms with E-state index in [-0.39, 0.29) is 11.7 Å². The molecule has 0 fully saturated rings. The van der Waals surface area contributed by atoms with Crippen molar-refractivity contribution in [2.45, 2.75) is 18.9 Å². The van der Waals surface area contributed by atoms with Crippen LogP contribution in [0.15, 0.2) is 55.2 Å². The highest BCUT2D eigenvalue weighted by Crippen LogP contribution is 2.35. The van der Waals surface area contributed by atoms with Crippen LogP contribution < -0.4 is 0 Å². The lowest BCUT2D eigenvalue weighted by molar-refractivity contribution is 0.0689. The summed E-state index contributed by atoms with van der Waals surface area (Å²) in [5.74, 6) is -0.542. The predicted octanol–water partition coefficient (Wildman–Crippen LogP) is 2.82. The van der Waals surface area contributed by atoms with Gasteiger partial charge < -0.3 is 14.6 Å². The molecule has 0 bridgehead atoms. The number of hydrogen-bond acceptors (Lipinski definition) is 5. The molecule has 5 aromatic rings. The number of ether oxygens (including phenoxy) is 1. The summed E-state index contributed by atoms with van der Waals surface area (Å²) in [6.45, 7) is 1.08. The molecule has 5 aromatic heterocycles. The number of hydrogen-bond donors (Lipinski definition) is 1. The number of aromatic nitrogens is 6. The number of nitrogens with zero attached hydrogens (tertiary/aromatic N) is 6. The molecule has 0 spiro atoms. The Hall–Kier alpha value is -4.05. The van der Waals surface area contributed by atoms with Gasteiger partial charge in [-0.15, -0.1) is 0 Å². The Bertz CT molecular complexity index is 1520. The summed E-state index contributed by atoms with van der Waals surface area (Å²) < 4.78 is 22.8. The van der Waals surface area contributed by atoms with Crippen molar-refractivity contribution in [2.75, 3.05) is 20.3 Å². The monoisotopic (exact) mass is 459 g/mol. The highest BCUT2D eigenvalue weighted by Gasteiger charge is 2.37. The molecule has 6 rings (SSSR count). The second kappa shape index (κ2) is 8.07. The van der Waals surface area contributed by atoms with Gasteiger partial charge in [-0.3, -0.25) is 4.79 Å². The first-order valence-corrected chi connectivity index (χ1v) is 11.1. The summed E-state index contributed by atoms with van der Waals surface area (Å²) in [6, 6.07) is 8.02. The van der Waals surface area contributed by atoms with Crippen LogP contribution in [-0.2, 0) is 17.6 Å². The van der Waals surface area contributed by atoms with Crippen molar-refractivity contribution in [1.82, 2.24) is 34.1 Å². The maximum atomic E-state index is 14.4. The Morgan fingerprint density at radius 2 is 2.18 bits per heavy atom. The van der Waals surface area contributed by atoms with Crippen LogP contribution in [0.5, 0.6) is 0 Å². The van der Waals surface area contributed by atoms with Gasteiger partial charge >= 0.3 is 0 Å². The van der Waals surface area contributed by atoms with Crippen LogP contribution in [0.3, 0.4) is 0 Å². The van der Waals surface area contributed by atoms with Crippen LogP contribution in [0.25, 0.3) is 11.0 Å². The van der Waals surface area contributed by atoms with Gasteiger partial charge in [0, 0.05) is 38.2 Å². The Morgan fingerprint density at radius 3 is 3.03 bits per heavy atom. The number of imidazole rings is 1.